The molecule has 0 fully saturated rings. The van der Waals surface area contributed by atoms with E-state index in [1.807, 2.05) is 0 Å². The van der Waals surface area contributed by atoms with Gasteiger partial charge in [0.15, 0.2) is 0 Å². The Morgan fingerprint density at radius 1 is 0.750 bits per heavy atom. The van der Waals surface area contributed by atoms with E-state index in [-0.39, 0.29) is 0 Å². The summed E-state index contributed by atoms with van der Waals surface area (Å²) in [5.41, 5.74) is 3.51. The third kappa shape index (κ3) is 5.62. The van der Waals surface area contributed by atoms with E-state index in [9.17, 15) is 0 Å². The Labute approximate surface area is 150 Å². The van der Waals surface area contributed by atoms with Crippen molar-refractivity contribution >= 4 is 0 Å². The summed E-state index contributed by atoms with van der Waals surface area (Å²) in [5.74, 6) is 0. The molecule has 0 amide bonds. The van der Waals surface area contributed by atoms with Crippen LogP contribution in [0.15, 0.2) is 24.3 Å². The quantitative estimate of drug-likeness (QED) is 0.370. The average molecular weight is 330 g/mol. The minimum atomic E-state index is 0.388. The SMILES string of the molecule is CCCCCCCC(C)(CCCCCC)N1Cc2ccccc2C1. The molecule has 2 rings (SSSR count). The predicted molar refractivity (Wildman–Crippen MR) is 106 cm³/mol. The van der Waals surface area contributed by atoms with Gasteiger partial charge in [0, 0.05) is 18.6 Å². The van der Waals surface area contributed by atoms with Gasteiger partial charge in [-0.25, -0.2) is 0 Å². The molecule has 1 aliphatic rings. The molecular formula is C23H39N. The molecule has 1 aromatic carbocycles. The summed E-state index contributed by atoms with van der Waals surface area (Å²) < 4.78 is 0. The monoisotopic (exact) mass is 329 g/mol. The Kier molecular flexibility index (Phi) is 8.32. The van der Waals surface area contributed by atoms with Crippen LogP contribution in [0.2, 0.25) is 0 Å². The summed E-state index contributed by atoms with van der Waals surface area (Å²) in [5, 5.41) is 0. The number of hydrogen-bond acceptors (Lipinski definition) is 1. The maximum Gasteiger partial charge on any atom is 0.0245 e. The summed E-state index contributed by atoms with van der Waals surface area (Å²) in [6.07, 6.45) is 15.3. The number of nitrogens with zero attached hydrogens (tertiary/aromatic N) is 1. The highest BCUT2D eigenvalue weighted by atomic mass is 15.2. The fourth-order valence-corrected chi connectivity index (χ4v) is 4.20. The first-order valence-corrected chi connectivity index (χ1v) is 10.5. The van der Waals surface area contributed by atoms with E-state index in [2.05, 4.69) is 49.9 Å². The van der Waals surface area contributed by atoms with Gasteiger partial charge in [0.25, 0.3) is 0 Å². The van der Waals surface area contributed by atoms with Crippen LogP contribution in [0.4, 0.5) is 0 Å². The van der Waals surface area contributed by atoms with Crippen molar-refractivity contribution in [3.05, 3.63) is 35.4 Å². The lowest BCUT2D eigenvalue weighted by Crippen LogP contribution is -2.43. The van der Waals surface area contributed by atoms with Crippen LogP contribution in [0, 0.1) is 0 Å². The van der Waals surface area contributed by atoms with Crippen LogP contribution in [0.1, 0.15) is 103 Å². The zero-order chi connectivity index (χ0) is 17.3. The average Bonchev–Trinajstić information content (AvgIpc) is 3.03. The Hall–Kier alpha value is -0.820. The van der Waals surface area contributed by atoms with Crippen molar-refractivity contribution in [1.82, 2.24) is 4.90 Å². The first kappa shape index (κ1) is 19.5. The van der Waals surface area contributed by atoms with Crippen LogP contribution in [0.3, 0.4) is 0 Å². The number of hydrogen-bond donors (Lipinski definition) is 0. The number of unbranched alkanes of at least 4 members (excludes halogenated alkanes) is 7. The molecule has 136 valence electrons. The lowest BCUT2D eigenvalue weighted by atomic mass is 9.86. The second kappa shape index (κ2) is 10.2. The highest BCUT2D eigenvalue weighted by molar-refractivity contribution is 5.30. The molecular weight excluding hydrogens is 290 g/mol. The highest BCUT2D eigenvalue weighted by Crippen LogP contribution is 2.36. The predicted octanol–water partition coefficient (Wildman–Crippen LogP) is 7.09. The summed E-state index contributed by atoms with van der Waals surface area (Å²) in [7, 11) is 0. The van der Waals surface area contributed by atoms with Gasteiger partial charge in [0.05, 0.1) is 0 Å². The second-order valence-corrected chi connectivity index (χ2v) is 8.10. The molecule has 0 saturated heterocycles. The van der Waals surface area contributed by atoms with Crippen molar-refractivity contribution in [1.29, 1.82) is 0 Å². The van der Waals surface area contributed by atoms with Crippen LogP contribution < -0.4 is 0 Å². The first-order valence-electron chi connectivity index (χ1n) is 10.5. The second-order valence-electron chi connectivity index (χ2n) is 8.10. The molecule has 0 spiro atoms. The standard InChI is InChI=1S/C23H39N/c1-4-6-8-10-14-18-23(3,17-13-9-7-5-2)24-19-21-15-11-12-16-22(21)20-24/h11-12,15-16H,4-10,13-14,17-20H2,1-3H3. The maximum absolute atomic E-state index is 2.78. The van der Waals surface area contributed by atoms with E-state index in [4.69, 9.17) is 0 Å². The molecule has 0 bridgehead atoms. The molecule has 1 nitrogen and oxygen atoms in total. The summed E-state index contributed by atoms with van der Waals surface area (Å²) >= 11 is 0. The van der Waals surface area contributed by atoms with E-state index < -0.39 is 0 Å². The molecule has 1 atom stereocenters. The number of fused-ring (bicyclic) bond motifs is 1. The van der Waals surface area contributed by atoms with Gasteiger partial charge in [-0.1, -0.05) is 95.9 Å². The molecule has 1 aliphatic heterocycles. The topological polar surface area (TPSA) is 3.24 Å². The molecule has 0 radical (unpaired) electrons. The number of benzene rings is 1. The van der Waals surface area contributed by atoms with Crippen molar-refractivity contribution in [2.24, 2.45) is 0 Å². The fourth-order valence-electron chi connectivity index (χ4n) is 4.20. The molecule has 1 aromatic rings. The summed E-state index contributed by atoms with van der Waals surface area (Å²) in [4.78, 5) is 2.78. The van der Waals surface area contributed by atoms with Crippen LogP contribution in [0.25, 0.3) is 0 Å². The van der Waals surface area contributed by atoms with Gasteiger partial charge in [-0.3, -0.25) is 4.90 Å². The molecule has 24 heavy (non-hydrogen) atoms. The largest absolute Gasteiger partial charge is 0.289 e. The van der Waals surface area contributed by atoms with Gasteiger partial charge >= 0.3 is 0 Å². The molecule has 0 aromatic heterocycles. The van der Waals surface area contributed by atoms with E-state index in [0.717, 1.165) is 13.1 Å². The van der Waals surface area contributed by atoms with Crippen molar-refractivity contribution in [2.45, 2.75) is 110 Å². The molecule has 1 heterocycles. The lowest BCUT2D eigenvalue weighted by molar-refractivity contribution is 0.0770. The highest BCUT2D eigenvalue weighted by Gasteiger charge is 2.34. The minimum absolute atomic E-state index is 0.388. The smallest absolute Gasteiger partial charge is 0.0245 e. The van der Waals surface area contributed by atoms with E-state index in [0.29, 0.717) is 5.54 Å². The van der Waals surface area contributed by atoms with Crippen molar-refractivity contribution in [3.63, 3.8) is 0 Å². The Morgan fingerprint density at radius 3 is 1.71 bits per heavy atom. The van der Waals surface area contributed by atoms with Crippen LogP contribution >= 0.6 is 0 Å². The lowest BCUT2D eigenvalue weighted by Gasteiger charge is -2.39. The zero-order valence-corrected chi connectivity index (χ0v) is 16.4. The molecule has 0 N–H and O–H groups in total. The zero-order valence-electron chi connectivity index (χ0n) is 16.4. The van der Waals surface area contributed by atoms with Gasteiger partial charge in [-0.15, -0.1) is 0 Å². The summed E-state index contributed by atoms with van der Waals surface area (Å²) in [6, 6.07) is 9.06. The maximum atomic E-state index is 2.78. The molecule has 1 unspecified atom stereocenters. The normalized spacial score (nSPS) is 17.0. The van der Waals surface area contributed by atoms with Crippen LogP contribution in [-0.4, -0.2) is 10.4 Å². The third-order valence-corrected chi connectivity index (χ3v) is 5.99. The molecule has 0 aliphatic carbocycles. The fraction of sp³-hybridized carbons (Fsp3) is 0.739. The summed E-state index contributed by atoms with van der Waals surface area (Å²) in [6.45, 7) is 9.48. The van der Waals surface area contributed by atoms with Gasteiger partial charge in [0.2, 0.25) is 0 Å². The van der Waals surface area contributed by atoms with Crippen LogP contribution in [-0.2, 0) is 13.1 Å². The van der Waals surface area contributed by atoms with E-state index in [1.54, 1.807) is 11.1 Å². The van der Waals surface area contributed by atoms with E-state index in [1.165, 1.54) is 70.6 Å². The van der Waals surface area contributed by atoms with Gasteiger partial charge in [0.1, 0.15) is 0 Å². The Morgan fingerprint density at radius 2 is 1.21 bits per heavy atom. The van der Waals surface area contributed by atoms with Gasteiger partial charge < -0.3 is 0 Å². The van der Waals surface area contributed by atoms with Gasteiger partial charge in [-0.2, -0.15) is 0 Å². The van der Waals surface area contributed by atoms with E-state index >= 15 is 0 Å². The first-order chi connectivity index (χ1) is 11.7. The minimum Gasteiger partial charge on any atom is -0.289 e. The molecule has 1 heteroatoms. The Bertz CT molecular complexity index is 442. The van der Waals surface area contributed by atoms with Gasteiger partial charge in [-0.05, 0) is 30.9 Å². The number of rotatable bonds is 12. The van der Waals surface area contributed by atoms with Crippen molar-refractivity contribution in [3.8, 4) is 0 Å². The Balaban J connectivity index is 1.92. The van der Waals surface area contributed by atoms with Crippen LogP contribution in [0.5, 0.6) is 0 Å². The third-order valence-electron chi connectivity index (χ3n) is 5.99. The van der Waals surface area contributed by atoms with Crippen molar-refractivity contribution < 1.29 is 0 Å². The van der Waals surface area contributed by atoms with Crippen molar-refractivity contribution in [2.75, 3.05) is 0 Å². The molecule has 0 saturated carbocycles.